The molecule has 0 rings (SSSR count). The summed E-state index contributed by atoms with van der Waals surface area (Å²) in [6.45, 7) is 12.3. The molecular weight excluding hydrogens is 470 g/mol. The summed E-state index contributed by atoms with van der Waals surface area (Å²) in [5.41, 5.74) is 0. The molecule has 0 spiro atoms. The van der Waals surface area contributed by atoms with Gasteiger partial charge in [0.1, 0.15) is 13.2 Å². The molecule has 0 aliphatic carbocycles. The van der Waals surface area contributed by atoms with Crippen molar-refractivity contribution < 1.29 is 52.3 Å². The van der Waals surface area contributed by atoms with Crippen LogP contribution in [0.2, 0.25) is 19.6 Å². The molecule has 0 heterocycles. The lowest BCUT2D eigenvalue weighted by Gasteiger charge is -2.16. The first-order chi connectivity index (χ1) is 16.3. The molecule has 0 fully saturated rings. The monoisotopic (exact) mass is 513 g/mol. The predicted octanol–water partition coefficient (Wildman–Crippen LogP) is 0.155. The molecule has 0 unspecified atom stereocenters. The first-order valence-corrected chi connectivity index (χ1v) is 14.9. The van der Waals surface area contributed by atoms with Crippen molar-refractivity contribution in [3.63, 3.8) is 0 Å². The average molecular weight is 514 g/mol. The summed E-state index contributed by atoms with van der Waals surface area (Å²) in [4.78, 5) is 21.5. The normalized spacial score (nSPS) is 11.6. The molecule has 1 amide bonds. The Morgan fingerprint density at radius 3 is 1.35 bits per heavy atom. The Morgan fingerprint density at radius 1 is 0.588 bits per heavy atom. The van der Waals surface area contributed by atoms with E-state index in [-0.39, 0.29) is 6.61 Å². The molecule has 34 heavy (non-hydrogen) atoms. The lowest BCUT2D eigenvalue weighted by Crippen LogP contribution is -2.31. The number of carbonyl (C=O) groups excluding carboxylic acids is 1. The minimum atomic E-state index is -1.46. The minimum Gasteiger partial charge on any atom is -0.480 e. The van der Waals surface area contributed by atoms with Crippen LogP contribution in [0, 0.1) is 0 Å². The number of carboxylic acids is 1. The van der Waals surface area contributed by atoms with Crippen molar-refractivity contribution in [3.8, 4) is 0 Å². The van der Waals surface area contributed by atoms with Crippen molar-refractivity contribution in [2.45, 2.75) is 19.6 Å². The van der Waals surface area contributed by atoms with Gasteiger partial charge >= 0.3 is 5.97 Å². The van der Waals surface area contributed by atoms with Crippen LogP contribution in [0.1, 0.15) is 0 Å². The lowest BCUT2D eigenvalue weighted by molar-refractivity contribution is -0.143. The number of hydrogen-bond acceptors (Lipinski definition) is 10. The fourth-order valence-corrected chi connectivity index (χ4v) is 2.85. The van der Waals surface area contributed by atoms with Crippen LogP contribution < -0.4 is 5.32 Å². The second-order valence-corrected chi connectivity index (χ2v) is 12.4. The maximum atomic E-state index is 11.3. The Balaban J connectivity index is 3.13. The van der Waals surface area contributed by atoms with Crippen molar-refractivity contribution in [1.82, 2.24) is 5.32 Å². The van der Waals surface area contributed by atoms with Crippen LogP contribution in [0.4, 0.5) is 0 Å². The van der Waals surface area contributed by atoms with E-state index in [0.29, 0.717) is 92.4 Å². The van der Waals surface area contributed by atoms with Gasteiger partial charge in [0.25, 0.3) is 0 Å². The van der Waals surface area contributed by atoms with Crippen molar-refractivity contribution in [2.24, 2.45) is 0 Å². The van der Waals surface area contributed by atoms with E-state index in [1.54, 1.807) is 0 Å². The first-order valence-electron chi connectivity index (χ1n) is 11.5. The summed E-state index contributed by atoms with van der Waals surface area (Å²) >= 11 is 0. The van der Waals surface area contributed by atoms with E-state index in [1.807, 2.05) is 0 Å². The van der Waals surface area contributed by atoms with Crippen LogP contribution in [0.15, 0.2) is 0 Å². The first kappa shape index (κ1) is 32.8. The zero-order chi connectivity index (χ0) is 25.3. The Kier molecular flexibility index (Phi) is 22.8. The molecule has 0 aromatic heterocycles. The summed E-state index contributed by atoms with van der Waals surface area (Å²) in [5.74, 6) is -1.51. The molecule has 0 atom stereocenters. The van der Waals surface area contributed by atoms with Crippen LogP contribution in [0.3, 0.4) is 0 Å². The summed E-state index contributed by atoms with van der Waals surface area (Å²) < 4.78 is 42.7. The van der Waals surface area contributed by atoms with Crippen molar-refractivity contribution >= 4 is 20.2 Å². The SMILES string of the molecule is C[Si](C)(C)OCCOCCOCCOCCOCCOCCOCCNC(=O)COCC(=O)O. The maximum absolute atomic E-state index is 11.3. The van der Waals surface area contributed by atoms with Crippen LogP contribution in [0.25, 0.3) is 0 Å². The second kappa shape index (κ2) is 23.6. The van der Waals surface area contributed by atoms with Gasteiger partial charge in [0, 0.05) is 6.54 Å². The Morgan fingerprint density at radius 2 is 0.971 bits per heavy atom. The van der Waals surface area contributed by atoms with Gasteiger partial charge in [0.05, 0.1) is 85.9 Å². The van der Waals surface area contributed by atoms with E-state index in [2.05, 4.69) is 29.7 Å². The predicted molar refractivity (Wildman–Crippen MR) is 126 cm³/mol. The molecule has 0 saturated carbocycles. The van der Waals surface area contributed by atoms with Crippen LogP contribution in [-0.2, 0) is 47.2 Å². The largest absolute Gasteiger partial charge is 0.480 e. The van der Waals surface area contributed by atoms with E-state index < -0.39 is 26.8 Å². The third-order valence-corrected chi connectivity index (χ3v) is 4.72. The van der Waals surface area contributed by atoms with Gasteiger partial charge in [-0.05, 0) is 19.6 Å². The van der Waals surface area contributed by atoms with Crippen LogP contribution in [0.5, 0.6) is 0 Å². The Bertz CT molecular complexity index is 492. The van der Waals surface area contributed by atoms with E-state index in [0.717, 1.165) is 0 Å². The topological polar surface area (TPSA) is 140 Å². The van der Waals surface area contributed by atoms with Gasteiger partial charge in [0.2, 0.25) is 5.91 Å². The van der Waals surface area contributed by atoms with Gasteiger partial charge < -0.3 is 48.0 Å². The summed E-state index contributed by atoms with van der Waals surface area (Å²) in [5, 5.41) is 10.9. The van der Waals surface area contributed by atoms with Crippen molar-refractivity contribution in [3.05, 3.63) is 0 Å². The quantitative estimate of drug-likeness (QED) is 0.121. The fourth-order valence-electron chi connectivity index (χ4n) is 2.15. The van der Waals surface area contributed by atoms with Gasteiger partial charge in [0.15, 0.2) is 8.32 Å². The zero-order valence-corrected chi connectivity index (χ0v) is 21.8. The smallest absolute Gasteiger partial charge is 0.329 e. The molecule has 0 saturated heterocycles. The number of ether oxygens (including phenoxy) is 7. The lowest BCUT2D eigenvalue weighted by atomic mass is 10.6. The number of carboxylic acid groups (broad SMARTS) is 1. The van der Waals surface area contributed by atoms with Gasteiger partial charge in [-0.2, -0.15) is 0 Å². The Labute approximate surface area is 203 Å². The van der Waals surface area contributed by atoms with E-state index in [1.165, 1.54) is 0 Å². The molecule has 202 valence electrons. The highest BCUT2D eigenvalue weighted by Crippen LogP contribution is 2.01. The van der Waals surface area contributed by atoms with Crippen LogP contribution >= 0.6 is 0 Å². The summed E-state index contributed by atoms with van der Waals surface area (Å²) in [6.07, 6.45) is 0. The van der Waals surface area contributed by atoms with Gasteiger partial charge in [-0.25, -0.2) is 4.79 Å². The number of hydrogen-bond donors (Lipinski definition) is 2. The number of carbonyl (C=O) groups is 2. The average Bonchev–Trinajstić information content (AvgIpc) is 2.76. The highest BCUT2D eigenvalue weighted by molar-refractivity contribution is 6.69. The van der Waals surface area contributed by atoms with E-state index in [9.17, 15) is 9.59 Å². The molecule has 0 aromatic rings. The number of amides is 1. The molecular formula is C21H43NO11Si. The molecule has 0 radical (unpaired) electrons. The third-order valence-electron chi connectivity index (χ3n) is 3.65. The highest BCUT2D eigenvalue weighted by Gasteiger charge is 2.13. The molecule has 12 nitrogen and oxygen atoms in total. The van der Waals surface area contributed by atoms with Crippen LogP contribution in [-0.4, -0.2) is 131 Å². The molecule has 0 aliphatic heterocycles. The second-order valence-electron chi connectivity index (χ2n) is 7.87. The third kappa shape index (κ3) is 28.9. The van der Waals surface area contributed by atoms with Gasteiger partial charge in [-0.15, -0.1) is 0 Å². The number of aliphatic carboxylic acids is 1. The fraction of sp³-hybridized carbons (Fsp3) is 0.905. The highest BCUT2D eigenvalue weighted by atomic mass is 28.4. The molecule has 13 heteroatoms. The number of nitrogens with one attached hydrogen (secondary N) is 1. The summed E-state index contributed by atoms with van der Waals surface area (Å²) in [7, 11) is -1.46. The van der Waals surface area contributed by atoms with Crippen molar-refractivity contribution in [2.75, 3.05) is 106 Å². The molecule has 0 aromatic carbocycles. The molecule has 0 bridgehead atoms. The maximum Gasteiger partial charge on any atom is 0.329 e. The summed E-state index contributed by atoms with van der Waals surface area (Å²) in [6, 6.07) is 0. The van der Waals surface area contributed by atoms with Crippen molar-refractivity contribution in [1.29, 1.82) is 0 Å². The molecule has 2 N–H and O–H groups in total. The minimum absolute atomic E-state index is 0.292. The zero-order valence-electron chi connectivity index (χ0n) is 20.8. The molecule has 0 aliphatic rings. The van der Waals surface area contributed by atoms with Gasteiger partial charge in [-0.3, -0.25) is 4.79 Å². The number of rotatable bonds is 26. The standard InChI is InChI=1S/C21H43NO11Si/c1-34(2,3)33-17-16-31-15-14-30-13-12-29-11-10-28-9-8-27-7-6-26-5-4-22-20(23)18-32-19-21(24)25/h4-19H2,1-3H3,(H,22,23)(H,24,25). The van der Waals surface area contributed by atoms with E-state index >= 15 is 0 Å². The Hall–Kier alpha value is -1.16. The van der Waals surface area contributed by atoms with E-state index in [4.69, 9.17) is 38.0 Å². The van der Waals surface area contributed by atoms with Gasteiger partial charge in [-0.1, -0.05) is 0 Å².